The monoisotopic (exact) mass is 381 g/mol. The van der Waals surface area contributed by atoms with E-state index in [0.717, 1.165) is 18.5 Å². The van der Waals surface area contributed by atoms with Gasteiger partial charge in [-0.3, -0.25) is 9.69 Å². The van der Waals surface area contributed by atoms with Crippen molar-refractivity contribution in [1.29, 1.82) is 0 Å². The fourth-order valence-corrected chi connectivity index (χ4v) is 3.60. The van der Waals surface area contributed by atoms with E-state index < -0.39 is 0 Å². The summed E-state index contributed by atoms with van der Waals surface area (Å²) in [4.78, 5) is 38.7. The first kappa shape index (κ1) is 18.2. The molecule has 2 aliphatic rings. The summed E-state index contributed by atoms with van der Waals surface area (Å²) < 4.78 is 5.80. The number of rotatable bonds is 5. The topological polar surface area (TPSA) is 78.9 Å². The minimum absolute atomic E-state index is 0.0504. The van der Waals surface area contributed by atoms with Crippen molar-refractivity contribution < 1.29 is 14.3 Å². The lowest BCUT2D eigenvalue weighted by molar-refractivity contribution is -0.134. The molecule has 0 aliphatic carbocycles. The number of piperidine rings is 1. The number of hydrogen-bond acceptors (Lipinski definition) is 5. The summed E-state index contributed by atoms with van der Waals surface area (Å²) in [5, 5.41) is 0. The third-order valence-corrected chi connectivity index (χ3v) is 5.03. The highest BCUT2D eigenvalue weighted by molar-refractivity contribution is 5.96. The summed E-state index contributed by atoms with van der Waals surface area (Å²) in [5.41, 5.74) is 0.858. The number of carbonyl (C=O) groups excluding carboxylic acids is 2. The zero-order valence-electron chi connectivity index (χ0n) is 15.6. The van der Waals surface area contributed by atoms with Crippen molar-refractivity contribution in [2.45, 2.75) is 18.9 Å². The van der Waals surface area contributed by atoms with Crippen molar-refractivity contribution >= 4 is 17.6 Å². The van der Waals surface area contributed by atoms with Crippen molar-refractivity contribution in [1.82, 2.24) is 19.8 Å². The van der Waals surface area contributed by atoms with Gasteiger partial charge in [-0.15, -0.1) is 0 Å². The summed E-state index contributed by atoms with van der Waals surface area (Å²) in [7, 11) is 0. The van der Waals surface area contributed by atoms with E-state index in [1.807, 2.05) is 30.3 Å². The van der Waals surface area contributed by atoms with E-state index in [-0.39, 0.29) is 24.6 Å². The summed E-state index contributed by atoms with van der Waals surface area (Å²) in [6.07, 6.45) is 4.84. The van der Waals surface area contributed by atoms with Crippen LogP contribution in [0, 0.1) is 0 Å². The minimum atomic E-state index is -0.129. The first-order valence-electron chi connectivity index (χ1n) is 9.53. The molecule has 2 aliphatic heterocycles. The van der Waals surface area contributed by atoms with Crippen LogP contribution in [0.25, 0.3) is 0 Å². The highest BCUT2D eigenvalue weighted by Gasteiger charge is 2.33. The third kappa shape index (κ3) is 4.05. The van der Waals surface area contributed by atoms with Crippen LogP contribution in [0.15, 0.2) is 48.8 Å². The predicted molar refractivity (Wildman–Crippen MR) is 103 cm³/mol. The molecule has 2 aromatic rings. The summed E-state index contributed by atoms with van der Waals surface area (Å²) in [6, 6.07) is 11.5. The van der Waals surface area contributed by atoms with Crippen LogP contribution < -0.4 is 9.64 Å². The molecular weight excluding hydrogens is 358 g/mol. The van der Waals surface area contributed by atoms with Gasteiger partial charge in [0.15, 0.2) is 0 Å². The number of urea groups is 1. The van der Waals surface area contributed by atoms with Gasteiger partial charge in [0.25, 0.3) is 0 Å². The van der Waals surface area contributed by atoms with E-state index in [1.54, 1.807) is 33.2 Å². The molecule has 0 radical (unpaired) electrons. The van der Waals surface area contributed by atoms with Crippen LogP contribution in [0.2, 0.25) is 0 Å². The maximum absolute atomic E-state index is 12.8. The smallest absolute Gasteiger partial charge is 0.325 e. The van der Waals surface area contributed by atoms with Gasteiger partial charge in [0.1, 0.15) is 12.6 Å². The molecule has 2 saturated heterocycles. The van der Waals surface area contributed by atoms with E-state index in [4.69, 9.17) is 4.74 Å². The number of anilines is 1. The van der Waals surface area contributed by atoms with Crippen LogP contribution in [0.3, 0.4) is 0 Å². The Kier molecular flexibility index (Phi) is 5.36. The van der Waals surface area contributed by atoms with E-state index in [1.165, 1.54) is 0 Å². The van der Waals surface area contributed by atoms with Crippen molar-refractivity contribution in [2.24, 2.45) is 0 Å². The average Bonchev–Trinajstić information content (AvgIpc) is 3.10. The van der Waals surface area contributed by atoms with Crippen LogP contribution in [-0.4, -0.2) is 70.5 Å². The number of para-hydroxylation sites is 1. The largest absolute Gasteiger partial charge is 0.458 e. The molecule has 4 rings (SSSR count). The molecule has 1 unspecified atom stereocenters. The van der Waals surface area contributed by atoms with Crippen LogP contribution in [0.1, 0.15) is 12.8 Å². The Hall–Kier alpha value is -3.16. The van der Waals surface area contributed by atoms with E-state index in [9.17, 15) is 9.59 Å². The van der Waals surface area contributed by atoms with Crippen LogP contribution in [0.4, 0.5) is 10.5 Å². The lowest BCUT2D eigenvalue weighted by atomic mass is 10.1. The molecule has 0 bridgehead atoms. The molecule has 1 aromatic carbocycles. The molecule has 3 amide bonds. The van der Waals surface area contributed by atoms with Crippen molar-refractivity contribution in [3.05, 3.63) is 48.8 Å². The van der Waals surface area contributed by atoms with Gasteiger partial charge in [0.05, 0.1) is 6.54 Å². The quantitative estimate of drug-likeness (QED) is 0.789. The second-order valence-corrected chi connectivity index (χ2v) is 6.94. The molecule has 1 atom stereocenters. The lowest BCUT2D eigenvalue weighted by Gasteiger charge is -2.33. The number of hydrogen-bond donors (Lipinski definition) is 0. The maximum atomic E-state index is 12.8. The van der Waals surface area contributed by atoms with Crippen LogP contribution in [-0.2, 0) is 4.79 Å². The van der Waals surface area contributed by atoms with Gasteiger partial charge in [-0.05, 0) is 31.0 Å². The number of carbonyl (C=O) groups is 2. The first-order chi connectivity index (χ1) is 13.7. The van der Waals surface area contributed by atoms with E-state index in [2.05, 4.69) is 9.97 Å². The molecule has 1 aromatic heterocycles. The zero-order chi connectivity index (χ0) is 19.3. The first-order valence-corrected chi connectivity index (χ1v) is 9.53. The Morgan fingerprint density at radius 1 is 1.07 bits per heavy atom. The molecule has 0 spiro atoms. The second-order valence-electron chi connectivity index (χ2n) is 6.94. The number of aromatic nitrogens is 2. The van der Waals surface area contributed by atoms with Gasteiger partial charge in [-0.2, -0.15) is 0 Å². The lowest BCUT2D eigenvalue weighted by Crippen LogP contribution is -2.48. The Morgan fingerprint density at radius 3 is 2.64 bits per heavy atom. The standard InChI is InChI=1S/C20H23N5O3/c26-18(15-24-12-13-25(20(24)27)16-6-2-1-3-7-16)23-11-4-8-17(14-23)28-19-21-9-5-10-22-19/h1-3,5-7,9-10,17H,4,8,11-15H2. The predicted octanol–water partition coefficient (Wildman–Crippen LogP) is 1.79. The summed E-state index contributed by atoms with van der Waals surface area (Å²) in [6.45, 7) is 2.40. The molecule has 0 saturated carbocycles. The molecule has 3 heterocycles. The van der Waals surface area contributed by atoms with Gasteiger partial charge in [-0.25, -0.2) is 14.8 Å². The molecule has 8 nitrogen and oxygen atoms in total. The molecule has 28 heavy (non-hydrogen) atoms. The second kappa shape index (κ2) is 8.24. The highest BCUT2D eigenvalue weighted by Crippen LogP contribution is 2.20. The summed E-state index contributed by atoms with van der Waals surface area (Å²) in [5.74, 6) is -0.0504. The van der Waals surface area contributed by atoms with Crippen molar-refractivity contribution in [3.63, 3.8) is 0 Å². The number of amides is 3. The Balaban J connectivity index is 1.33. The Morgan fingerprint density at radius 2 is 1.86 bits per heavy atom. The average molecular weight is 381 g/mol. The van der Waals surface area contributed by atoms with Crippen molar-refractivity contribution in [2.75, 3.05) is 37.6 Å². The van der Waals surface area contributed by atoms with Crippen molar-refractivity contribution in [3.8, 4) is 6.01 Å². The molecular formula is C20H23N5O3. The minimum Gasteiger partial charge on any atom is -0.458 e. The molecule has 8 heteroatoms. The number of likely N-dealkylation sites (tertiary alicyclic amines) is 1. The number of nitrogens with zero attached hydrogens (tertiary/aromatic N) is 5. The summed E-state index contributed by atoms with van der Waals surface area (Å²) >= 11 is 0. The zero-order valence-corrected chi connectivity index (χ0v) is 15.6. The highest BCUT2D eigenvalue weighted by atomic mass is 16.5. The Labute approximate surface area is 163 Å². The van der Waals surface area contributed by atoms with Crippen LogP contribution >= 0.6 is 0 Å². The van der Waals surface area contributed by atoms with E-state index in [0.29, 0.717) is 32.2 Å². The van der Waals surface area contributed by atoms with Gasteiger partial charge in [0, 0.05) is 37.7 Å². The van der Waals surface area contributed by atoms with Gasteiger partial charge in [0.2, 0.25) is 5.91 Å². The Bertz CT molecular complexity index is 817. The SMILES string of the molecule is O=C(CN1CCN(c2ccccc2)C1=O)N1CCCC(Oc2ncccn2)C1. The number of benzene rings is 1. The number of ether oxygens (including phenoxy) is 1. The fourth-order valence-electron chi connectivity index (χ4n) is 3.60. The third-order valence-electron chi connectivity index (χ3n) is 5.03. The van der Waals surface area contributed by atoms with Gasteiger partial charge >= 0.3 is 12.0 Å². The normalized spacial score (nSPS) is 19.8. The molecule has 2 fully saturated rings. The maximum Gasteiger partial charge on any atom is 0.325 e. The van der Waals surface area contributed by atoms with Gasteiger partial charge < -0.3 is 14.5 Å². The fraction of sp³-hybridized carbons (Fsp3) is 0.400. The van der Waals surface area contributed by atoms with Gasteiger partial charge in [-0.1, -0.05) is 18.2 Å². The molecule has 146 valence electrons. The van der Waals surface area contributed by atoms with Crippen LogP contribution in [0.5, 0.6) is 6.01 Å². The van der Waals surface area contributed by atoms with E-state index >= 15 is 0 Å². The molecule has 0 N–H and O–H groups in total.